The number of para-hydroxylation sites is 1. The van der Waals surface area contributed by atoms with Crippen LogP contribution in [-0.4, -0.2) is 28.6 Å². The van der Waals surface area contributed by atoms with Crippen molar-refractivity contribution in [2.24, 2.45) is 0 Å². The van der Waals surface area contributed by atoms with Crippen molar-refractivity contribution in [2.75, 3.05) is 12.8 Å². The third-order valence-electron chi connectivity index (χ3n) is 2.38. The van der Waals surface area contributed by atoms with Crippen LogP contribution < -0.4 is 5.32 Å². The number of aromatic hydroxyl groups is 1. The normalized spacial score (nSPS) is 11.2. The molecule has 1 aromatic rings. The molecule has 1 rings (SSSR count). The Balaban J connectivity index is 2.64. The standard InChI is InChI=1S/C12H17NO2S/c1-12(2,16-3)8-13-11(15)9-6-4-5-7-10(9)14/h4-7,14H,8H2,1-3H3,(H,13,15). The number of rotatable bonds is 4. The number of phenolic OH excluding ortho intramolecular Hbond substituents is 1. The second kappa shape index (κ2) is 5.25. The minimum atomic E-state index is -0.236. The van der Waals surface area contributed by atoms with Crippen molar-refractivity contribution in [3.05, 3.63) is 29.8 Å². The van der Waals surface area contributed by atoms with Gasteiger partial charge in [0.15, 0.2) is 0 Å². The molecule has 4 heteroatoms. The summed E-state index contributed by atoms with van der Waals surface area (Å²) in [4.78, 5) is 11.7. The SMILES string of the molecule is CSC(C)(C)CNC(=O)c1ccccc1O. The van der Waals surface area contributed by atoms with E-state index in [4.69, 9.17) is 0 Å². The fourth-order valence-electron chi connectivity index (χ4n) is 1.13. The number of hydrogen-bond acceptors (Lipinski definition) is 3. The Kier molecular flexibility index (Phi) is 4.24. The molecule has 0 aliphatic rings. The number of carbonyl (C=O) groups is 1. The molecule has 0 bridgehead atoms. The molecule has 0 saturated heterocycles. The van der Waals surface area contributed by atoms with Gasteiger partial charge in [-0.2, -0.15) is 11.8 Å². The van der Waals surface area contributed by atoms with Gasteiger partial charge in [0.2, 0.25) is 0 Å². The Morgan fingerprint density at radius 3 is 2.62 bits per heavy atom. The lowest BCUT2D eigenvalue weighted by Gasteiger charge is -2.22. The van der Waals surface area contributed by atoms with Crippen molar-refractivity contribution >= 4 is 17.7 Å². The fraction of sp³-hybridized carbons (Fsp3) is 0.417. The van der Waals surface area contributed by atoms with E-state index in [0.29, 0.717) is 12.1 Å². The first-order valence-electron chi connectivity index (χ1n) is 5.07. The molecule has 3 nitrogen and oxygen atoms in total. The molecule has 0 aromatic heterocycles. The number of benzene rings is 1. The third kappa shape index (κ3) is 3.45. The molecule has 0 atom stereocenters. The van der Waals surface area contributed by atoms with Crippen LogP contribution in [-0.2, 0) is 0 Å². The molecule has 0 radical (unpaired) electrons. The molecule has 2 N–H and O–H groups in total. The summed E-state index contributed by atoms with van der Waals surface area (Å²) in [6, 6.07) is 6.54. The number of nitrogens with one attached hydrogen (secondary N) is 1. The fourth-order valence-corrected chi connectivity index (χ4v) is 1.34. The van der Waals surface area contributed by atoms with Crippen LogP contribution in [0.15, 0.2) is 24.3 Å². The van der Waals surface area contributed by atoms with Crippen LogP contribution in [0.3, 0.4) is 0 Å². The first-order chi connectivity index (χ1) is 7.46. The zero-order chi connectivity index (χ0) is 12.2. The van der Waals surface area contributed by atoms with Crippen LogP contribution in [0.25, 0.3) is 0 Å². The molecule has 0 fully saturated rings. The van der Waals surface area contributed by atoms with Crippen molar-refractivity contribution in [1.82, 2.24) is 5.32 Å². The number of amides is 1. The molecule has 1 amide bonds. The Morgan fingerprint density at radius 1 is 1.44 bits per heavy atom. The van der Waals surface area contributed by atoms with Gasteiger partial charge in [0, 0.05) is 11.3 Å². The molecule has 1 aromatic carbocycles. The van der Waals surface area contributed by atoms with Crippen LogP contribution in [0.1, 0.15) is 24.2 Å². The van der Waals surface area contributed by atoms with E-state index in [0.717, 1.165) is 0 Å². The minimum Gasteiger partial charge on any atom is -0.507 e. The van der Waals surface area contributed by atoms with E-state index in [9.17, 15) is 9.90 Å². The van der Waals surface area contributed by atoms with Gasteiger partial charge in [-0.1, -0.05) is 12.1 Å². The summed E-state index contributed by atoms with van der Waals surface area (Å²) in [6.45, 7) is 4.69. The molecule has 88 valence electrons. The van der Waals surface area contributed by atoms with E-state index >= 15 is 0 Å². The van der Waals surface area contributed by atoms with Crippen LogP contribution >= 0.6 is 11.8 Å². The van der Waals surface area contributed by atoms with Crippen LogP contribution in [0, 0.1) is 0 Å². The van der Waals surface area contributed by atoms with Gasteiger partial charge in [0.05, 0.1) is 5.56 Å². The average Bonchev–Trinajstić information content (AvgIpc) is 2.27. The first kappa shape index (κ1) is 12.9. The van der Waals surface area contributed by atoms with Crippen LogP contribution in [0.4, 0.5) is 0 Å². The summed E-state index contributed by atoms with van der Waals surface area (Å²) in [7, 11) is 0. The predicted octanol–water partition coefficient (Wildman–Crippen LogP) is 2.26. The quantitative estimate of drug-likeness (QED) is 0.847. The van der Waals surface area contributed by atoms with Gasteiger partial charge in [0.1, 0.15) is 5.75 Å². The summed E-state index contributed by atoms with van der Waals surface area (Å²) >= 11 is 1.69. The molecular weight excluding hydrogens is 222 g/mol. The first-order valence-corrected chi connectivity index (χ1v) is 6.30. The lowest BCUT2D eigenvalue weighted by molar-refractivity contribution is 0.0948. The highest BCUT2D eigenvalue weighted by Gasteiger charge is 2.18. The number of carbonyl (C=O) groups excluding carboxylic acids is 1. The summed E-state index contributed by atoms with van der Waals surface area (Å²) in [5.74, 6) is -0.220. The maximum absolute atomic E-state index is 11.7. The highest BCUT2D eigenvalue weighted by Crippen LogP contribution is 2.20. The minimum absolute atomic E-state index is 0.0000589. The summed E-state index contributed by atoms with van der Waals surface area (Å²) in [5, 5.41) is 12.3. The molecule has 16 heavy (non-hydrogen) atoms. The van der Waals surface area contributed by atoms with Gasteiger partial charge >= 0.3 is 0 Å². The Morgan fingerprint density at radius 2 is 2.06 bits per heavy atom. The lowest BCUT2D eigenvalue weighted by atomic mass is 10.1. The van der Waals surface area contributed by atoms with Gasteiger partial charge in [-0.05, 0) is 32.2 Å². The second-order valence-electron chi connectivity index (χ2n) is 4.16. The van der Waals surface area contributed by atoms with Crippen molar-refractivity contribution < 1.29 is 9.90 Å². The molecule has 0 unspecified atom stereocenters. The second-order valence-corrected chi connectivity index (χ2v) is 5.68. The molecule has 0 saturated carbocycles. The van der Waals surface area contributed by atoms with Gasteiger partial charge in [-0.3, -0.25) is 4.79 Å². The number of thioether (sulfide) groups is 1. The lowest BCUT2D eigenvalue weighted by Crippen LogP contribution is -2.36. The van der Waals surface area contributed by atoms with Gasteiger partial charge < -0.3 is 10.4 Å². The van der Waals surface area contributed by atoms with Gasteiger partial charge in [0.25, 0.3) is 5.91 Å². The largest absolute Gasteiger partial charge is 0.507 e. The molecule has 0 aliphatic heterocycles. The maximum atomic E-state index is 11.7. The molecule has 0 aliphatic carbocycles. The third-order valence-corrected chi connectivity index (χ3v) is 3.63. The van der Waals surface area contributed by atoms with E-state index in [2.05, 4.69) is 19.2 Å². The predicted molar refractivity (Wildman–Crippen MR) is 68.0 cm³/mol. The maximum Gasteiger partial charge on any atom is 0.255 e. The highest BCUT2D eigenvalue weighted by atomic mass is 32.2. The number of hydrogen-bond donors (Lipinski definition) is 2. The smallest absolute Gasteiger partial charge is 0.255 e. The number of phenols is 1. The van der Waals surface area contributed by atoms with Gasteiger partial charge in [-0.25, -0.2) is 0 Å². The summed E-state index contributed by atoms with van der Waals surface area (Å²) in [6.07, 6.45) is 2.01. The van der Waals surface area contributed by atoms with Crippen molar-refractivity contribution in [2.45, 2.75) is 18.6 Å². The molecule has 0 heterocycles. The van der Waals surface area contributed by atoms with Crippen LogP contribution in [0.5, 0.6) is 5.75 Å². The van der Waals surface area contributed by atoms with E-state index in [1.807, 2.05) is 6.26 Å². The van der Waals surface area contributed by atoms with Crippen molar-refractivity contribution in [1.29, 1.82) is 0 Å². The highest BCUT2D eigenvalue weighted by molar-refractivity contribution is 7.99. The Hall–Kier alpha value is -1.16. The topological polar surface area (TPSA) is 49.3 Å². The zero-order valence-corrected chi connectivity index (χ0v) is 10.6. The van der Waals surface area contributed by atoms with E-state index < -0.39 is 0 Å². The monoisotopic (exact) mass is 239 g/mol. The van der Waals surface area contributed by atoms with Crippen LogP contribution in [0.2, 0.25) is 0 Å². The van der Waals surface area contributed by atoms with Crippen molar-refractivity contribution in [3.63, 3.8) is 0 Å². The summed E-state index contributed by atoms with van der Waals surface area (Å²) in [5.41, 5.74) is 0.319. The van der Waals surface area contributed by atoms with Gasteiger partial charge in [-0.15, -0.1) is 0 Å². The van der Waals surface area contributed by atoms with Crippen molar-refractivity contribution in [3.8, 4) is 5.75 Å². The zero-order valence-electron chi connectivity index (χ0n) is 9.78. The average molecular weight is 239 g/mol. The van der Waals surface area contributed by atoms with E-state index in [1.54, 1.807) is 30.0 Å². The summed E-state index contributed by atoms with van der Waals surface area (Å²) < 4.78 is 0.0000589. The van der Waals surface area contributed by atoms with E-state index in [1.165, 1.54) is 6.07 Å². The molecular formula is C12H17NO2S. The Bertz CT molecular complexity index is 377. The Labute approximate surface area is 100 Å². The van der Waals surface area contributed by atoms with E-state index in [-0.39, 0.29) is 16.4 Å². The molecule has 0 spiro atoms.